The van der Waals surface area contributed by atoms with Crippen LogP contribution in [0.2, 0.25) is 5.02 Å². The van der Waals surface area contributed by atoms with E-state index in [1.54, 1.807) is 0 Å². The second kappa shape index (κ2) is 4.53. The SMILES string of the molecule is CC(NC1=NCCN1)c1cccc(Cl)c1. The molecule has 1 aliphatic heterocycles. The molecule has 0 spiro atoms. The first-order chi connectivity index (χ1) is 7.25. The first-order valence-electron chi connectivity index (χ1n) is 5.06. The Morgan fingerprint density at radius 1 is 1.53 bits per heavy atom. The third kappa shape index (κ3) is 2.63. The first kappa shape index (κ1) is 10.3. The van der Waals surface area contributed by atoms with Gasteiger partial charge in [0.2, 0.25) is 0 Å². The fourth-order valence-electron chi connectivity index (χ4n) is 1.56. The topological polar surface area (TPSA) is 36.4 Å². The number of nitrogens with one attached hydrogen (secondary N) is 2. The average molecular weight is 224 g/mol. The molecule has 0 saturated carbocycles. The van der Waals surface area contributed by atoms with Crippen LogP contribution in [0.3, 0.4) is 0 Å². The minimum atomic E-state index is 0.216. The Morgan fingerprint density at radius 2 is 2.40 bits per heavy atom. The minimum absolute atomic E-state index is 0.216. The molecule has 1 atom stereocenters. The number of benzene rings is 1. The van der Waals surface area contributed by atoms with Gasteiger partial charge in [-0.15, -0.1) is 0 Å². The van der Waals surface area contributed by atoms with Gasteiger partial charge in [-0.05, 0) is 24.6 Å². The smallest absolute Gasteiger partial charge is 0.191 e. The molecule has 3 nitrogen and oxygen atoms in total. The van der Waals surface area contributed by atoms with E-state index in [0.29, 0.717) is 0 Å². The van der Waals surface area contributed by atoms with Crippen molar-refractivity contribution in [2.45, 2.75) is 13.0 Å². The Labute approximate surface area is 94.5 Å². The molecule has 0 radical (unpaired) electrons. The maximum atomic E-state index is 5.93. The Bertz CT molecular complexity index is 376. The summed E-state index contributed by atoms with van der Waals surface area (Å²) in [6.45, 7) is 3.86. The van der Waals surface area contributed by atoms with Crippen molar-refractivity contribution in [1.82, 2.24) is 10.6 Å². The van der Waals surface area contributed by atoms with Gasteiger partial charge in [0.1, 0.15) is 0 Å². The largest absolute Gasteiger partial charge is 0.355 e. The lowest BCUT2D eigenvalue weighted by atomic mass is 10.1. The van der Waals surface area contributed by atoms with Gasteiger partial charge in [-0.25, -0.2) is 0 Å². The van der Waals surface area contributed by atoms with E-state index in [1.165, 1.54) is 5.56 Å². The molecule has 1 heterocycles. The number of guanidine groups is 1. The van der Waals surface area contributed by atoms with Crippen molar-refractivity contribution in [2.75, 3.05) is 13.1 Å². The molecule has 1 aliphatic rings. The highest BCUT2D eigenvalue weighted by Gasteiger charge is 2.10. The highest BCUT2D eigenvalue weighted by molar-refractivity contribution is 6.30. The number of hydrogen-bond donors (Lipinski definition) is 2. The summed E-state index contributed by atoms with van der Waals surface area (Å²) in [5, 5.41) is 7.25. The Hall–Kier alpha value is -1.22. The molecule has 1 aromatic carbocycles. The third-order valence-electron chi connectivity index (χ3n) is 2.38. The maximum absolute atomic E-state index is 5.93. The van der Waals surface area contributed by atoms with Crippen molar-refractivity contribution in [3.05, 3.63) is 34.9 Å². The lowest BCUT2D eigenvalue weighted by molar-refractivity contribution is 0.702. The van der Waals surface area contributed by atoms with E-state index in [-0.39, 0.29) is 6.04 Å². The fraction of sp³-hybridized carbons (Fsp3) is 0.364. The number of hydrogen-bond acceptors (Lipinski definition) is 3. The van der Waals surface area contributed by atoms with E-state index < -0.39 is 0 Å². The molecule has 0 aliphatic carbocycles. The van der Waals surface area contributed by atoms with Gasteiger partial charge in [0.25, 0.3) is 0 Å². The van der Waals surface area contributed by atoms with Crippen LogP contribution in [0.5, 0.6) is 0 Å². The van der Waals surface area contributed by atoms with Crippen LogP contribution in [0.1, 0.15) is 18.5 Å². The van der Waals surface area contributed by atoms with Crippen molar-refractivity contribution >= 4 is 17.6 Å². The van der Waals surface area contributed by atoms with E-state index in [1.807, 2.05) is 18.2 Å². The van der Waals surface area contributed by atoms with Gasteiger partial charge in [0.15, 0.2) is 5.96 Å². The summed E-state index contributed by atoms with van der Waals surface area (Å²) in [5.74, 6) is 0.877. The molecular weight excluding hydrogens is 210 g/mol. The van der Waals surface area contributed by atoms with Crippen LogP contribution in [0.25, 0.3) is 0 Å². The predicted octanol–water partition coefficient (Wildman–Crippen LogP) is 1.95. The van der Waals surface area contributed by atoms with Crippen molar-refractivity contribution in [2.24, 2.45) is 4.99 Å². The molecule has 2 rings (SSSR count). The van der Waals surface area contributed by atoms with Crippen molar-refractivity contribution in [3.63, 3.8) is 0 Å². The number of halogens is 1. The van der Waals surface area contributed by atoms with Crippen LogP contribution in [0, 0.1) is 0 Å². The average Bonchev–Trinajstić information content (AvgIpc) is 2.70. The zero-order valence-electron chi connectivity index (χ0n) is 8.63. The van der Waals surface area contributed by atoms with Crippen LogP contribution in [0.15, 0.2) is 29.3 Å². The minimum Gasteiger partial charge on any atom is -0.355 e. The normalized spacial score (nSPS) is 16.8. The van der Waals surface area contributed by atoms with E-state index >= 15 is 0 Å². The molecule has 80 valence electrons. The molecule has 1 unspecified atom stereocenters. The van der Waals surface area contributed by atoms with Crippen molar-refractivity contribution < 1.29 is 0 Å². The van der Waals surface area contributed by atoms with Crippen LogP contribution in [-0.4, -0.2) is 19.0 Å². The summed E-state index contributed by atoms with van der Waals surface area (Å²) in [6, 6.07) is 8.07. The summed E-state index contributed by atoms with van der Waals surface area (Å²) in [6.07, 6.45) is 0. The van der Waals surface area contributed by atoms with Crippen LogP contribution in [0.4, 0.5) is 0 Å². The van der Waals surface area contributed by atoms with Gasteiger partial charge < -0.3 is 10.6 Å². The van der Waals surface area contributed by atoms with Gasteiger partial charge in [0.05, 0.1) is 12.6 Å². The molecule has 0 aromatic heterocycles. The molecule has 15 heavy (non-hydrogen) atoms. The van der Waals surface area contributed by atoms with Gasteiger partial charge in [-0.1, -0.05) is 23.7 Å². The first-order valence-corrected chi connectivity index (χ1v) is 5.44. The summed E-state index contributed by atoms with van der Waals surface area (Å²) < 4.78 is 0. The maximum Gasteiger partial charge on any atom is 0.191 e. The lowest BCUT2D eigenvalue weighted by Crippen LogP contribution is -2.35. The highest BCUT2D eigenvalue weighted by Crippen LogP contribution is 2.17. The number of nitrogens with zero attached hydrogens (tertiary/aromatic N) is 1. The predicted molar refractivity (Wildman–Crippen MR) is 63.3 cm³/mol. The van der Waals surface area contributed by atoms with Gasteiger partial charge >= 0.3 is 0 Å². The fourth-order valence-corrected chi connectivity index (χ4v) is 1.76. The summed E-state index contributed by atoms with van der Waals surface area (Å²) in [5.41, 5.74) is 1.17. The van der Waals surface area contributed by atoms with Crippen molar-refractivity contribution in [3.8, 4) is 0 Å². The zero-order valence-corrected chi connectivity index (χ0v) is 9.38. The molecule has 0 saturated heterocycles. The quantitative estimate of drug-likeness (QED) is 0.804. The van der Waals surface area contributed by atoms with Crippen LogP contribution in [-0.2, 0) is 0 Å². The van der Waals surface area contributed by atoms with Crippen molar-refractivity contribution in [1.29, 1.82) is 0 Å². The van der Waals surface area contributed by atoms with E-state index in [2.05, 4.69) is 28.6 Å². The van der Waals surface area contributed by atoms with Gasteiger partial charge in [-0.3, -0.25) is 4.99 Å². The van der Waals surface area contributed by atoms with E-state index in [0.717, 1.165) is 24.1 Å². The molecule has 2 N–H and O–H groups in total. The lowest BCUT2D eigenvalue weighted by Gasteiger charge is -2.15. The van der Waals surface area contributed by atoms with Gasteiger partial charge in [-0.2, -0.15) is 0 Å². The molecule has 0 bridgehead atoms. The van der Waals surface area contributed by atoms with E-state index in [9.17, 15) is 0 Å². The monoisotopic (exact) mass is 223 g/mol. The zero-order chi connectivity index (χ0) is 10.7. The van der Waals surface area contributed by atoms with Crippen LogP contribution >= 0.6 is 11.6 Å². The highest BCUT2D eigenvalue weighted by atomic mass is 35.5. The molecule has 4 heteroatoms. The van der Waals surface area contributed by atoms with E-state index in [4.69, 9.17) is 11.6 Å². The third-order valence-corrected chi connectivity index (χ3v) is 2.61. The Morgan fingerprint density at radius 3 is 3.07 bits per heavy atom. The second-order valence-corrected chi connectivity index (χ2v) is 4.01. The number of aliphatic imine (C=N–C) groups is 1. The standard InChI is InChI=1S/C11H14ClN3/c1-8(15-11-13-5-6-14-11)9-3-2-4-10(12)7-9/h2-4,7-8H,5-6H2,1H3,(H2,13,14,15). The summed E-state index contributed by atoms with van der Waals surface area (Å²) in [7, 11) is 0. The van der Waals surface area contributed by atoms with Crippen LogP contribution < -0.4 is 10.6 Å². The second-order valence-electron chi connectivity index (χ2n) is 3.58. The molecule has 1 aromatic rings. The molecule has 0 fully saturated rings. The summed E-state index contributed by atoms with van der Waals surface area (Å²) in [4.78, 5) is 4.29. The summed E-state index contributed by atoms with van der Waals surface area (Å²) >= 11 is 5.93. The van der Waals surface area contributed by atoms with Gasteiger partial charge in [0, 0.05) is 11.6 Å². The molecular formula is C11H14ClN3. The molecule has 0 amide bonds. The Balaban J connectivity index is 2.04. The Kier molecular flexibility index (Phi) is 3.11. The number of rotatable bonds is 2.